The largest absolute Gasteiger partial charge is 0.394 e. The summed E-state index contributed by atoms with van der Waals surface area (Å²) in [5, 5.41) is 202. The summed E-state index contributed by atoms with van der Waals surface area (Å²) in [7, 11) is 0. The molecule has 0 aromatic heterocycles. The van der Waals surface area contributed by atoms with Crippen molar-refractivity contribution in [1.82, 2.24) is 0 Å². The zero-order chi connectivity index (χ0) is 52.2. The standard InChI is InChI=1S/C39H69NO31/c40-2-1-3-60-34-24(55)18(49)29(11(5-42)62-34)68-36-26(57)20(51)31(13(7-44)64-36)70-38-28(59)22(53)33(15(9-46)66-38)71-39-27(58)21(52)32(14(8-45)65-39)69-37-25(56)19(50)30(12(6-43)63-37)67-35-23(54)17(48)16(47)10(4-41)61-35/h10-39,41-59H,1-9,40H2/t10?,11?,12?,13?,14?,15?,16-,17-,18+,19?,20?,21+,22+,23?,24?,25-,26-,27?,28?,29+,30+,31+,32+,33-,34-,35+,36-,37-,38+,39+/m0/s1. The molecule has 21 N–H and O–H groups in total. The maximum Gasteiger partial charge on any atom is 0.187 e. The molecular formula is C39H69NO31. The van der Waals surface area contributed by atoms with E-state index in [1.54, 1.807) is 0 Å². The van der Waals surface area contributed by atoms with Crippen molar-refractivity contribution >= 4 is 0 Å². The van der Waals surface area contributed by atoms with E-state index in [4.69, 9.17) is 62.6 Å². The summed E-state index contributed by atoms with van der Waals surface area (Å²) < 4.78 is 66.9. The van der Waals surface area contributed by atoms with Crippen LogP contribution in [-0.2, 0) is 56.8 Å². The number of hydrogen-bond donors (Lipinski definition) is 20. The molecule has 6 fully saturated rings. The molecule has 0 aromatic carbocycles. The lowest BCUT2D eigenvalue weighted by Crippen LogP contribution is -2.68. The number of rotatable bonds is 20. The molecule has 6 rings (SSSR count). The fourth-order valence-electron chi connectivity index (χ4n) is 8.93. The second kappa shape index (κ2) is 26.2. The molecule has 0 amide bonds. The zero-order valence-corrected chi connectivity index (χ0v) is 37.7. The van der Waals surface area contributed by atoms with E-state index in [0.29, 0.717) is 6.42 Å². The van der Waals surface area contributed by atoms with Crippen molar-refractivity contribution in [2.75, 3.05) is 52.8 Å². The predicted molar refractivity (Wildman–Crippen MR) is 217 cm³/mol. The highest BCUT2D eigenvalue weighted by Gasteiger charge is 2.57. The highest BCUT2D eigenvalue weighted by molar-refractivity contribution is 5.00. The molecule has 0 bridgehead atoms. The van der Waals surface area contributed by atoms with Crippen LogP contribution < -0.4 is 5.73 Å². The van der Waals surface area contributed by atoms with E-state index < -0.39 is 224 Å². The summed E-state index contributed by atoms with van der Waals surface area (Å²) in [5.41, 5.74) is 5.45. The minimum Gasteiger partial charge on any atom is -0.394 e. The number of nitrogens with two attached hydrogens (primary N) is 1. The lowest BCUT2D eigenvalue weighted by atomic mass is 9.95. The number of aliphatic hydroxyl groups is 19. The molecule has 30 atom stereocenters. The van der Waals surface area contributed by atoms with Gasteiger partial charge in [-0.1, -0.05) is 0 Å². The fourth-order valence-corrected chi connectivity index (χ4v) is 8.93. The molecule has 0 saturated carbocycles. The van der Waals surface area contributed by atoms with E-state index in [1.807, 2.05) is 0 Å². The van der Waals surface area contributed by atoms with Crippen molar-refractivity contribution in [3.8, 4) is 0 Å². The van der Waals surface area contributed by atoms with Crippen molar-refractivity contribution in [2.45, 2.75) is 191 Å². The van der Waals surface area contributed by atoms with Gasteiger partial charge >= 0.3 is 0 Å². The SMILES string of the molecule is NCCCO[C@H]1OC(CO)[C@@H](O[C@@H]2OC(CO)[C@@H](O[C@H]3OC(CO)[C@H](O[C@H]4OC(CO)[C@@H](O[C@@H]5OC(CO)[C@@H](O[C@H]6OC(CO)[C@H](O)[C@H](O)C6O)C(O)[C@@H]5O)[C@H](O)C4O)[C@H](O)C3O)C(O)[C@@H]2O)[C@H](O)C1O. The third-order valence-corrected chi connectivity index (χ3v) is 13.0. The van der Waals surface area contributed by atoms with Crippen LogP contribution in [0.3, 0.4) is 0 Å². The summed E-state index contributed by atoms with van der Waals surface area (Å²) in [6.07, 6.45) is -55.0. The van der Waals surface area contributed by atoms with Gasteiger partial charge in [0, 0.05) is 0 Å². The Balaban J connectivity index is 1.06. The second-order valence-corrected chi connectivity index (χ2v) is 17.7. The van der Waals surface area contributed by atoms with Crippen LogP contribution in [-0.4, -0.2) is 334 Å². The van der Waals surface area contributed by atoms with Crippen LogP contribution in [0.4, 0.5) is 0 Å². The molecule has 32 nitrogen and oxygen atoms in total. The maximum absolute atomic E-state index is 11.3. The van der Waals surface area contributed by atoms with Gasteiger partial charge in [0.05, 0.1) is 46.2 Å². The van der Waals surface area contributed by atoms with Gasteiger partial charge in [-0.25, -0.2) is 0 Å². The van der Waals surface area contributed by atoms with E-state index in [-0.39, 0.29) is 13.2 Å². The van der Waals surface area contributed by atoms with Crippen LogP contribution in [0, 0.1) is 0 Å². The van der Waals surface area contributed by atoms with Crippen LogP contribution in [0.1, 0.15) is 6.42 Å². The first-order valence-electron chi connectivity index (χ1n) is 22.8. The molecule has 0 aromatic rings. The zero-order valence-electron chi connectivity index (χ0n) is 37.7. The van der Waals surface area contributed by atoms with Crippen LogP contribution in [0.5, 0.6) is 0 Å². The lowest BCUT2D eigenvalue weighted by molar-refractivity contribution is -0.396. The van der Waals surface area contributed by atoms with Gasteiger partial charge in [0.1, 0.15) is 146 Å². The Labute approximate surface area is 402 Å². The summed E-state index contributed by atoms with van der Waals surface area (Å²) in [5.74, 6) is 0. The Morgan fingerprint density at radius 3 is 0.761 bits per heavy atom. The van der Waals surface area contributed by atoms with Crippen molar-refractivity contribution in [3.05, 3.63) is 0 Å². The van der Waals surface area contributed by atoms with E-state index in [1.165, 1.54) is 0 Å². The third kappa shape index (κ3) is 12.6. The molecule has 6 saturated heterocycles. The smallest absolute Gasteiger partial charge is 0.187 e. The van der Waals surface area contributed by atoms with Gasteiger partial charge in [0.25, 0.3) is 0 Å². The van der Waals surface area contributed by atoms with Gasteiger partial charge < -0.3 is 160 Å². The Morgan fingerprint density at radius 1 is 0.282 bits per heavy atom. The summed E-state index contributed by atoms with van der Waals surface area (Å²) in [4.78, 5) is 0. The first-order valence-corrected chi connectivity index (χ1v) is 22.8. The monoisotopic (exact) mass is 1050 g/mol. The molecular weight excluding hydrogens is 978 g/mol. The van der Waals surface area contributed by atoms with Gasteiger partial charge in [0.2, 0.25) is 0 Å². The van der Waals surface area contributed by atoms with Crippen LogP contribution in [0.15, 0.2) is 0 Å². The van der Waals surface area contributed by atoms with Gasteiger partial charge in [-0.05, 0) is 13.0 Å². The minimum atomic E-state index is -2.17. The molecule has 71 heavy (non-hydrogen) atoms. The molecule has 0 radical (unpaired) electrons. The van der Waals surface area contributed by atoms with E-state index >= 15 is 0 Å². The molecule has 6 aliphatic heterocycles. The molecule has 0 spiro atoms. The van der Waals surface area contributed by atoms with E-state index in [2.05, 4.69) is 0 Å². The average Bonchev–Trinajstić information content (AvgIpc) is 3.36. The summed E-state index contributed by atoms with van der Waals surface area (Å²) in [6, 6.07) is 0. The van der Waals surface area contributed by atoms with Gasteiger partial charge in [0.15, 0.2) is 37.7 Å². The van der Waals surface area contributed by atoms with Crippen LogP contribution in [0.2, 0.25) is 0 Å². The van der Waals surface area contributed by atoms with Crippen molar-refractivity contribution in [1.29, 1.82) is 0 Å². The Bertz CT molecular complexity index is 1570. The topological polar surface area (TPSA) is 521 Å². The van der Waals surface area contributed by atoms with E-state index in [9.17, 15) is 97.0 Å². The van der Waals surface area contributed by atoms with Crippen LogP contribution in [0.25, 0.3) is 0 Å². The van der Waals surface area contributed by atoms with Gasteiger partial charge in [-0.15, -0.1) is 0 Å². The third-order valence-electron chi connectivity index (χ3n) is 13.0. The molecule has 6 heterocycles. The van der Waals surface area contributed by atoms with E-state index in [0.717, 1.165) is 0 Å². The maximum atomic E-state index is 11.3. The van der Waals surface area contributed by atoms with Crippen LogP contribution >= 0.6 is 0 Å². The molecule has 32 heteroatoms. The first kappa shape index (κ1) is 59.0. The minimum absolute atomic E-state index is 0.0360. The quantitative estimate of drug-likeness (QED) is 0.0504. The Hall–Kier alpha value is -1.28. The lowest BCUT2D eigenvalue weighted by Gasteiger charge is -2.50. The molecule has 0 aliphatic carbocycles. The van der Waals surface area contributed by atoms with Crippen molar-refractivity contribution in [2.24, 2.45) is 5.73 Å². The highest BCUT2D eigenvalue weighted by atomic mass is 16.8. The normalized spacial score (nSPS) is 51.0. The average molecular weight is 1050 g/mol. The molecule has 416 valence electrons. The number of hydrogen-bond acceptors (Lipinski definition) is 32. The number of aliphatic hydroxyl groups excluding tert-OH is 19. The fraction of sp³-hybridized carbons (Fsp3) is 1.00. The number of ether oxygens (including phenoxy) is 12. The first-order chi connectivity index (χ1) is 33.8. The molecule has 6 aliphatic rings. The molecule has 12 unspecified atom stereocenters. The van der Waals surface area contributed by atoms with Gasteiger partial charge in [-0.2, -0.15) is 0 Å². The van der Waals surface area contributed by atoms with Gasteiger partial charge in [-0.3, -0.25) is 0 Å². The van der Waals surface area contributed by atoms with Crippen molar-refractivity contribution < 1.29 is 154 Å². The second-order valence-electron chi connectivity index (χ2n) is 17.7. The predicted octanol–water partition coefficient (Wildman–Crippen LogP) is -13.7. The summed E-state index contributed by atoms with van der Waals surface area (Å²) >= 11 is 0. The summed E-state index contributed by atoms with van der Waals surface area (Å²) in [6.45, 7) is -5.29. The Morgan fingerprint density at radius 2 is 0.507 bits per heavy atom. The highest BCUT2D eigenvalue weighted by Crippen LogP contribution is 2.37. The van der Waals surface area contributed by atoms with Crippen molar-refractivity contribution in [3.63, 3.8) is 0 Å². The Kier molecular flexibility index (Phi) is 21.7.